The number of carboxylic acids is 1. The molecule has 0 radical (unpaired) electrons. The Bertz CT molecular complexity index is 723. The fourth-order valence-electron chi connectivity index (χ4n) is 3.79. The molecular formula is C16H18FN3O4. The van der Waals surface area contributed by atoms with Gasteiger partial charge in [0, 0.05) is 18.8 Å². The Morgan fingerprint density at radius 1 is 1.38 bits per heavy atom. The van der Waals surface area contributed by atoms with E-state index < -0.39 is 29.1 Å². The van der Waals surface area contributed by atoms with Crippen molar-refractivity contribution in [1.29, 1.82) is 0 Å². The molecule has 2 aliphatic rings. The lowest BCUT2D eigenvalue weighted by Crippen LogP contribution is -2.38. The highest BCUT2D eigenvalue weighted by Crippen LogP contribution is 2.48. The molecule has 1 aliphatic carbocycles. The molecule has 1 heterocycles. The summed E-state index contributed by atoms with van der Waals surface area (Å²) in [6.07, 6.45) is 2.21. The summed E-state index contributed by atoms with van der Waals surface area (Å²) in [7, 11) is 0. The maximum Gasteiger partial charge on any atom is 0.321 e. The normalized spacial score (nSPS) is 25.4. The van der Waals surface area contributed by atoms with Crippen LogP contribution >= 0.6 is 0 Å². The third-order valence-electron chi connectivity index (χ3n) is 5.07. The molecule has 0 bridgehead atoms. The Morgan fingerprint density at radius 3 is 2.71 bits per heavy atom. The number of amides is 3. The van der Waals surface area contributed by atoms with Crippen molar-refractivity contribution in [2.45, 2.75) is 19.3 Å². The minimum Gasteiger partial charge on any atom is -0.481 e. The van der Waals surface area contributed by atoms with Crippen LogP contribution < -0.4 is 11.1 Å². The van der Waals surface area contributed by atoms with E-state index in [1.165, 1.54) is 17.0 Å². The molecule has 1 saturated carbocycles. The van der Waals surface area contributed by atoms with E-state index in [2.05, 4.69) is 5.32 Å². The summed E-state index contributed by atoms with van der Waals surface area (Å²) < 4.78 is 13.7. The number of carboxylic acid groups (broad SMARTS) is 1. The monoisotopic (exact) mass is 335 g/mol. The van der Waals surface area contributed by atoms with Crippen LogP contribution in [0.3, 0.4) is 0 Å². The van der Waals surface area contributed by atoms with Crippen LogP contribution in [-0.2, 0) is 4.79 Å². The molecule has 128 valence electrons. The summed E-state index contributed by atoms with van der Waals surface area (Å²) in [5, 5.41) is 12.1. The number of nitrogens with zero attached hydrogens (tertiary/aromatic N) is 1. The SMILES string of the molecule is NC(=O)c1ccc(NC(=O)N2C[C@@H]3CCC[C@@]3(C(=O)O)C2)cc1F. The van der Waals surface area contributed by atoms with E-state index in [9.17, 15) is 23.9 Å². The Kier molecular flexibility index (Phi) is 3.90. The zero-order chi connectivity index (χ0) is 17.5. The second kappa shape index (κ2) is 5.77. The maximum atomic E-state index is 13.7. The highest BCUT2D eigenvalue weighted by molar-refractivity contribution is 5.95. The first-order valence-corrected chi connectivity index (χ1v) is 7.72. The molecule has 8 heteroatoms. The van der Waals surface area contributed by atoms with Gasteiger partial charge in [0.05, 0.1) is 11.0 Å². The molecule has 2 fully saturated rings. The fraction of sp³-hybridized carbons (Fsp3) is 0.438. The molecule has 1 aliphatic heterocycles. The zero-order valence-electron chi connectivity index (χ0n) is 12.9. The lowest BCUT2D eigenvalue weighted by molar-refractivity contribution is -0.149. The second-order valence-electron chi connectivity index (χ2n) is 6.42. The molecule has 3 rings (SSSR count). The highest BCUT2D eigenvalue weighted by atomic mass is 19.1. The molecule has 7 nitrogen and oxygen atoms in total. The predicted molar refractivity (Wildman–Crippen MR) is 82.9 cm³/mol. The number of anilines is 1. The van der Waals surface area contributed by atoms with Gasteiger partial charge in [0.15, 0.2) is 0 Å². The van der Waals surface area contributed by atoms with Gasteiger partial charge in [-0.1, -0.05) is 6.42 Å². The van der Waals surface area contributed by atoms with Crippen LogP contribution in [0.15, 0.2) is 18.2 Å². The van der Waals surface area contributed by atoms with Gasteiger partial charge in [0.25, 0.3) is 5.91 Å². The molecule has 0 unspecified atom stereocenters. The van der Waals surface area contributed by atoms with Crippen LogP contribution in [0.25, 0.3) is 0 Å². The average molecular weight is 335 g/mol. The minimum absolute atomic E-state index is 0.0466. The highest BCUT2D eigenvalue weighted by Gasteiger charge is 2.55. The second-order valence-corrected chi connectivity index (χ2v) is 6.42. The van der Waals surface area contributed by atoms with Gasteiger partial charge in [-0.2, -0.15) is 0 Å². The molecule has 1 aromatic carbocycles. The average Bonchev–Trinajstić information content (AvgIpc) is 3.04. The third-order valence-corrected chi connectivity index (χ3v) is 5.07. The summed E-state index contributed by atoms with van der Waals surface area (Å²) in [6.45, 7) is 0.528. The number of likely N-dealkylation sites (tertiary alicyclic amines) is 1. The van der Waals surface area contributed by atoms with Crippen molar-refractivity contribution >= 4 is 23.6 Å². The van der Waals surface area contributed by atoms with E-state index in [0.29, 0.717) is 13.0 Å². The number of urea groups is 1. The summed E-state index contributed by atoms with van der Waals surface area (Å²) in [4.78, 5) is 36.4. The number of nitrogens with two attached hydrogens (primary N) is 1. The number of aliphatic carboxylic acids is 1. The summed E-state index contributed by atoms with van der Waals surface area (Å²) in [5.41, 5.74) is 4.10. The van der Waals surface area contributed by atoms with Gasteiger partial charge in [-0.05, 0) is 37.0 Å². The molecule has 24 heavy (non-hydrogen) atoms. The van der Waals surface area contributed by atoms with Crippen molar-refractivity contribution in [3.8, 4) is 0 Å². The molecular weight excluding hydrogens is 317 g/mol. The third kappa shape index (κ3) is 2.57. The maximum absolute atomic E-state index is 13.7. The number of primary amides is 1. The number of benzene rings is 1. The topological polar surface area (TPSA) is 113 Å². The van der Waals surface area contributed by atoms with E-state index in [4.69, 9.17) is 5.73 Å². The van der Waals surface area contributed by atoms with E-state index in [1.54, 1.807) is 0 Å². The Morgan fingerprint density at radius 2 is 2.12 bits per heavy atom. The molecule has 2 atom stereocenters. The number of hydrogen-bond donors (Lipinski definition) is 3. The van der Waals surface area contributed by atoms with Gasteiger partial charge in [0.1, 0.15) is 5.82 Å². The molecule has 1 aromatic rings. The van der Waals surface area contributed by atoms with Crippen LogP contribution in [-0.4, -0.2) is 41.0 Å². The van der Waals surface area contributed by atoms with Gasteiger partial charge in [-0.15, -0.1) is 0 Å². The smallest absolute Gasteiger partial charge is 0.321 e. The Labute approximate surface area is 137 Å². The van der Waals surface area contributed by atoms with E-state index in [0.717, 1.165) is 18.9 Å². The van der Waals surface area contributed by atoms with Gasteiger partial charge in [-0.3, -0.25) is 9.59 Å². The Hall–Kier alpha value is -2.64. The van der Waals surface area contributed by atoms with Crippen LogP contribution in [0.5, 0.6) is 0 Å². The van der Waals surface area contributed by atoms with Crippen LogP contribution in [0, 0.1) is 17.2 Å². The largest absolute Gasteiger partial charge is 0.481 e. The van der Waals surface area contributed by atoms with Crippen molar-refractivity contribution in [3.63, 3.8) is 0 Å². The quantitative estimate of drug-likeness (QED) is 0.779. The number of rotatable bonds is 3. The van der Waals surface area contributed by atoms with E-state index in [-0.39, 0.29) is 23.7 Å². The number of halogens is 1. The number of nitrogens with one attached hydrogen (secondary N) is 1. The zero-order valence-corrected chi connectivity index (χ0v) is 12.9. The van der Waals surface area contributed by atoms with Crippen molar-refractivity contribution in [2.24, 2.45) is 17.1 Å². The molecule has 1 saturated heterocycles. The van der Waals surface area contributed by atoms with E-state index in [1.807, 2.05) is 0 Å². The predicted octanol–water partition coefficient (Wildman–Crippen LogP) is 1.64. The number of fused-ring (bicyclic) bond motifs is 1. The number of hydrogen-bond acceptors (Lipinski definition) is 3. The van der Waals surface area contributed by atoms with Gasteiger partial charge < -0.3 is 21.1 Å². The minimum atomic E-state index is -0.888. The van der Waals surface area contributed by atoms with Gasteiger partial charge in [0.2, 0.25) is 0 Å². The molecule has 0 aromatic heterocycles. The van der Waals surface area contributed by atoms with Crippen molar-refractivity contribution < 1.29 is 23.9 Å². The molecule has 0 spiro atoms. The fourth-order valence-corrected chi connectivity index (χ4v) is 3.79. The molecule has 4 N–H and O–H groups in total. The standard InChI is InChI=1S/C16H18FN3O4/c17-12-6-10(3-4-11(12)13(18)21)19-15(24)20-7-9-2-1-5-16(9,8-20)14(22)23/h3-4,6,9H,1-2,5,7-8H2,(H2,18,21)(H,19,24)(H,22,23)/t9-,16+/m0/s1. The Balaban J connectivity index is 1.71. The summed E-state index contributed by atoms with van der Waals surface area (Å²) in [5.74, 6) is -2.62. The number of carbonyl (C=O) groups excluding carboxylic acids is 2. The first kappa shape index (κ1) is 16.2. The van der Waals surface area contributed by atoms with Crippen molar-refractivity contribution in [1.82, 2.24) is 4.90 Å². The van der Waals surface area contributed by atoms with Gasteiger partial charge in [-0.25, -0.2) is 9.18 Å². The van der Waals surface area contributed by atoms with Crippen molar-refractivity contribution in [2.75, 3.05) is 18.4 Å². The lowest BCUT2D eigenvalue weighted by Gasteiger charge is -2.23. The van der Waals surface area contributed by atoms with E-state index >= 15 is 0 Å². The van der Waals surface area contributed by atoms with Crippen LogP contribution in [0.2, 0.25) is 0 Å². The number of carbonyl (C=O) groups is 3. The summed E-state index contributed by atoms with van der Waals surface area (Å²) in [6, 6.07) is 3.12. The lowest BCUT2D eigenvalue weighted by atomic mass is 9.81. The van der Waals surface area contributed by atoms with Crippen LogP contribution in [0.4, 0.5) is 14.9 Å². The first-order chi connectivity index (χ1) is 11.3. The van der Waals surface area contributed by atoms with Crippen LogP contribution in [0.1, 0.15) is 29.6 Å². The summed E-state index contributed by atoms with van der Waals surface area (Å²) >= 11 is 0. The molecule has 3 amide bonds. The van der Waals surface area contributed by atoms with Crippen molar-refractivity contribution in [3.05, 3.63) is 29.6 Å². The van der Waals surface area contributed by atoms with Gasteiger partial charge >= 0.3 is 12.0 Å². The first-order valence-electron chi connectivity index (χ1n) is 7.72.